The van der Waals surface area contributed by atoms with E-state index < -0.39 is 17.8 Å². The number of esters is 1. The molecular weight excluding hydrogens is 381 g/mol. The quantitative estimate of drug-likeness (QED) is 0.747. The number of pyridine rings is 1. The SMILES string of the molecule is CCn1nnc(Br)c1COC(=O)c1ccc(C(F)(F)F)nc1C. The molecule has 2 aromatic rings. The van der Waals surface area contributed by atoms with Crippen molar-refractivity contribution in [2.24, 2.45) is 0 Å². The lowest BCUT2D eigenvalue weighted by atomic mass is 10.2. The molecule has 0 aliphatic rings. The molecule has 0 amide bonds. The van der Waals surface area contributed by atoms with Crippen molar-refractivity contribution in [1.82, 2.24) is 20.0 Å². The van der Waals surface area contributed by atoms with E-state index in [4.69, 9.17) is 4.74 Å². The van der Waals surface area contributed by atoms with Crippen LogP contribution in [0.5, 0.6) is 0 Å². The summed E-state index contributed by atoms with van der Waals surface area (Å²) in [5.74, 6) is -0.764. The molecule has 10 heteroatoms. The van der Waals surface area contributed by atoms with Crippen LogP contribution in [0.25, 0.3) is 0 Å². The van der Waals surface area contributed by atoms with Crippen molar-refractivity contribution in [2.75, 3.05) is 0 Å². The van der Waals surface area contributed by atoms with E-state index in [9.17, 15) is 18.0 Å². The number of ether oxygens (including phenoxy) is 1. The van der Waals surface area contributed by atoms with E-state index in [1.807, 2.05) is 6.92 Å². The third kappa shape index (κ3) is 3.87. The minimum atomic E-state index is -4.56. The standard InChI is InChI=1S/C13H12BrF3N4O2/c1-3-21-9(11(14)19-20-21)6-23-12(22)8-4-5-10(13(15,16)17)18-7(8)2/h4-5H,3,6H2,1-2H3. The van der Waals surface area contributed by atoms with Crippen LogP contribution >= 0.6 is 15.9 Å². The molecule has 124 valence electrons. The summed E-state index contributed by atoms with van der Waals surface area (Å²) in [6, 6.07) is 1.80. The van der Waals surface area contributed by atoms with Crippen molar-refractivity contribution >= 4 is 21.9 Å². The summed E-state index contributed by atoms with van der Waals surface area (Å²) in [5.41, 5.74) is -0.573. The van der Waals surface area contributed by atoms with Crippen LogP contribution < -0.4 is 0 Å². The second-order valence-corrected chi connectivity index (χ2v) is 5.30. The van der Waals surface area contributed by atoms with E-state index in [1.54, 1.807) is 0 Å². The number of aryl methyl sites for hydroxylation is 2. The summed E-state index contributed by atoms with van der Waals surface area (Å²) in [4.78, 5) is 15.4. The molecule has 6 nitrogen and oxygen atoms in total. The molecule has 0 unspecified atom stereocenters. The zero-order valence-corrected chi connectivity index (χ0v) is 13.8. The molecule has 2 rings (SSSR count). The molecular formula is C13H12BrF3N4O2. The first-order valence-electron chi connectivity index (χ1n) is 6.53. The maximum atomic E-state index is 12.6. The molecule has 0 radical (unpaired) electrons. The first kappa shape index (κ1) is 17.4. The Hall–Kier alpha value is -1.97. The highest BCUT2D eigenvalue weighted by atomic mass is 79.9. The Morgan fingerprint density at radius 1 is 1.39 bits per heavy atom. The molecule has 0 spiro atoms. The van der Waals surface area contributed by atoms with Crippen molar-refractivity contribution in [3.05, 3.63) is 39.4 Å². The van der Waals surface area contributed by atoms with Gasteiger partial charge in [0.2, 0.25) is 0 Å². The monoisotopic (exact) mass is 392 g/mol. The van der Waals surface area contributed by atoms with Gasteiger partial charge in [-0.2, -0.15) is 13.2 Å². The Morgan fingerprint density at radius 3 is 2.65 bits per heavy atom. The topological polar surface area (TPSA) is 69.9 Å². The first-order valence-corrected chi connectivity index (χ1v) is 7.33. The smallest absolute Gasteiger partial charge is 0.433 e. The summed E-state index contributed by atoms with van der Waals surface area (Å²) < 4.78 is 44.8. The van der Waals surface area contributed by atoms with Gasteiger partial charge in [-0.3, -0.25) is 0 Å². The van der Waals surface area contributed by atoms with E-state index in [-0.39, 0.29) is 17.9 Å². The first-order chi connectivity index (χ1) is 10.7. The van der Waals surface area contributed by atoms with Gasteiger partial charge in [0.15, 0.2) is 4.60 Å². The van der Waals surface area contributed by atoms with Gasteiger partial charge in [-0.1, -0.05) is 5.21 Å². The lowest BCUT2D eigenvalue weighted by Gasteiger charge is -2.10. The van der Waals surface area contributed by atoms with Crippen molar-refractivity contribution in [3.63, 3.8) is 0 Å². The average Bonchev–Trinajstić information content (AvgIpc) is 2.84. The van der Waals surface area contributed by atoms with Crippen LogP contribution in [0.15, 0.2) is 16.7 Å². The molecule has 0 aliphatic carbocycles. The fraction of sp³-hybridized carbons (Fsp3) is 0.385. The maximum Gasteiger partial charge on any atom is 0.433 e. The molecule has 0 saturated carbocycles. The van der Waals surface area contributed by atoms with Crippen LogP contribution in [0.4, 0.5) is 13.2 Å². The van der Waals surface area contributed by atoms with Gasteiger partial charge >= 0.3 is 12.1 Å². The van der Waals surface area contributed by atoms with Gasteiger partial charge in [-0.05, 0) is 41.9 Å². The second kappa shape index (κ2) is 6.65. The Bertz CT molecular complexity index is 730. The highest BCUT2D eigenvalue weighted by Gasteiger charge is 2.33. The van der Waals surface area contributed by atoms with Gasteiger partial charge in [0.05, 0.1) is 11.3 Å². The second-order valence-electron chi connectivity index (χ2n) is 4.55. The minimum Gasteiger partial charge on any atom is -0.455 e. The Kier molecular flexibility index (Phi) is 5.03. The molecule has 0 aliphatic heterocycles. The summed E-state index contributed by atoms with van der Waals surface area (Å²) in [6.45, 7) is 3.59. The molecule has 0 bridgehead atoms. The molecule has 0 atom stereocenters. The Labute approximate surface area is 137 Å². The third-order valence-electron chi connectivity index (χ3n) is 3.03. The summed E-state index contributed by atoms with van der Waals surface area (Å²) >= 11 is 3.19. The number of rotatable bonds is 4. The van der Waals surface area contributed by atoms with Crippen LogP contribution in [0, 0.1) is 6.92 Å². The van der Waals surface area contributed by atoms with Gasteiger partial charge in [0.25, 0.3) is 0 Å². The highest BCUT2D eigenvalue weighted by molar-refractivity contribution is 9.10. The van der Waals surface area contributed by atoms with Gasteiger partial charge in [0.1, 0.15) is 18.0 Å². The molecule has 0 aromatic carbocycles. The number of carbonyl (C=O) groups is 1. The average molecular weight is 393 g/mol. The van der Waals surface area contributed by atoms with Crippen LogP contribution in [-0.2, 0) is 24.1 Å². The molecule has 2 heterocycles. The van der Waals surface area contributed by atoms with Crippen molar-refractivity contribution in [1.29, 1.82) is 0 Å². The van der Waals surface area contributed by atoms with Crippen molar-refractivity contribution in [3.8, 4) is 0 Å². The summed E-state index contributed by atoms with van der Waals surface area (Å²) in [6.07, 6.45) is -4.56. The zero-order chi connectivity index (χ0) is 17.2. The van der Waals surface area contributed by atoms with E-state index in [0.717, 1.165) is 12.1 Å². The van der Waals surface area contributed by atoms with Gasteiger partial charge in [-0.25, -0.2) is 14.5 Å². The van der Waals surface area contributed by atoms with E-state index in [2.05, 4.69) is 31.2 Å². The maximum absolute atomic E-state index is 12.6. The van der Waals surface area contributed by atoms with Crippen molar-refractivity contribution in [2.45, 2.75) is 33.2 Å². The largest absolute Gasteiger partial charge is 0.455 e. The van der Waals surface area contributed by atoms with Gasteiger partial charge < -0.3 is 4.74 Å². The van der Waals surface area contributed by atoms with E-state index >= 15 is 0 Å². The minimum absolute atomic E-state index is 0.0235. The Balaban J connectivity index is 2.14. The molecule has 0 fully saturated rings. The summed E-state index contributed by atoms with van der Waals surface area (Å²) in [7, 11) is 0. The number of nitrogens with zero attached hydrogens (tertiary/aromatic N) is 4. The number of hydrogen-bond donors (Lipinski definition) is 0. The van der Waals surface area contributed by atoms with Gasteiger partial charge in [-0.15, -0.1) is 5.10 Å². The predicted octanol–water partition coefficient (Wildman–Crippen LogP) is 3.14. The number of hydrogen-bond acceptors (Lipinski definition) is 5. The van der Waals surface area contributed by atoms with Crippen molar-refractivity contribution < 1.29 is 22.7 Å². The Morgan fingerprint density at radius 2 is 2.09 bits per heavy atom. The summed E-state index contributed by atoms with van der Waals surface area (Å²) in [5, 5.41) is 7.63. The predicted molar refractivity (Wildman–Crippen MR) is 76.5 cm³/mol. The number of halogens is 4. The molecule has 0 N–H and O–H groups in total. The zero-order valence-electron chi connectivity index (χ0n) is 12.2. The number of alkyl halides is 3. The lowest BCUT2D eigenvalue weighted by Crippen LogP contribution is -2.14. The van der Waals surface area contributed by atoms with Crippen LogP contribution in [0.1, 0.15) is 34.4 Å². The third-order valence-corrected chi connectivity index (χ3v) is 3.64. The molecule has 23 heavy (non-hydrogen) atoms. The van der Waals surface area contributed by atoms with E-state index in [0.29, 0.717) is 16.8 Å². The highest BCUT2D eigenvalue weighted by Crippen LogP contribution is 2.28. The number of carbonyl (C=O) groups excluding carboxylic acids is 1. The molecule has 0 saturated heterocycles. The molecule has 2 aromatic heterocycles. The van der Waals surface area contributed by atoms with E-state index in [1.165, 1.54) is 11.6 Å². The van der Waals surface area contributed by atoms with Crippen LogP contribution in [-0.4, -0.2) is 25.9 Å². The lowest BCUT2D eigenvalue weighted by molar-refractivity contribution is -0.141. The number of aromatic nitrogens is 4. The fourth-order valence-electron chi connectivity index (χ4n) is 1.85. The van der Waals surface area contributed by atoms with Crippen LogP contribution in [0.3, 0.4) is 0 Å². The normalized spacial score (nSPS) is 11.6. The van der Waals surface area contributed by atoms with Crippen LogP contribution in [0.2, 0.25) is 0 Å². The fourth-order valence-corrected chi connectivity index (χ4v) is 2.24. The van der Waals surface area contributed by atoms with Gasteiger partial charge in [0, 0.05) is 6.54 Å².